The Morgan fingerprint density at radius 1 is 0.902 bits per heavy atom. The van der Waals surface area contributed by atoms with Gasteiger partial charge in [0.05, 0.1) is 22.5 Å². The molecule has 1 aromatic heterocycles. The van der Waals surface area contributed by atoms with Crippen molar-refractivity contribution in [1.82, 2.24) is 4.98 Å². The molecule has 3 fully saturated rings. The molecule has 2 bridgehead atoms. The highest BCUT2D eigenvalue weighted by Crippen LogP contribution is 2.69. The van der Waals surface area contributed by atoms with Gasteiger partial charge >= 0.3 is 4.87 Å². The van der Waals surface area contributed by atoms with Crippen LogP contribution in [0.4, 0.5) is 5.69 Å². The third kappa shape index (κ3) is 3.92. The topological polar surface area (TPSA) is 79.5 Å². The van der Waals surface area contributed by atoms with Crippen molar-refractivity contribution >= 4 is 56.5 Å². The summed E-state index contributed by atoms with van der Waals surface area (Å²) in [5.41, 5.74) is 2.74. The number of nitrogens with one attached hydrogen (secondary N) is 1. The molecule has 4 aliphatic rings. The number of imide groups is 1. The largest absolute Gasteiger partial charge is 0.489 e. The minimum absolute atomic E-state index is 0.0453. The van der Waals surface area contributed by atoms with Gasteiger partial charge < -0.3 is 9.72 Å². The lowest BCUT2D eigenvalue weighted by atomic mass is 9.68. The van der Waals surface area contributed by atoms with Crippen LogP contribution in [0, 0.1) is 29.6 Å². The number of thioether (sulfide) groups is 1. The number of amides is 2. The molecule has 6 nitrogen and oxygen atoms in total. The van der Waals surface area contributed by atoms with E-state index in [1.54, 1.807) is 11.8 Å². The fourth-order valence-corrected chi connectivity index (χ4v) is 11.1. The second-order valence-corrected chi connectivity index (χ2v) is 14.4. The Morgan fingerprint density at radius 2 is 1.61 bits per heavy atom. The molecule has 2 aliphatic heterocycles. The van der Waals surface area contributed by atoms with Gasteiger partial charge in [0.15, 0.2) is 0 Å². The maximum absolute atomic E-state index is 13.9. The van der Waals surface area contributed by atoms with Crippen molar-refractivity contribution in [1.29, 1.82) is 0 Å². The van der Waals surface area contributed by atoms with Crippen molar-refractivity contribution in [2.45, 2.75) is 29.2 Å². The van der Waals surface area contributed by atoms with E-state index >= 15 is 0 Å². The van der Waals surface area contributed by atoms with E-state index in [9.17, 15) is 14.4 Å². The molecule has 1 saturated heterocycles. The van der Waals surface area contributed by atoms with E-state index in [1.807, 2.05) is 72.8 Å². The monoisotopic (exact) mass is 644 g/mol. The first-order chi connectivity index (χ1) is 20.0. The molecule has 2 amide bonds. The molecule has 41 heavy (non-hydrogen) atoms. The number of anilines is 1. The highest BCUT2D eigenvalue weighted by atomic mass is 79.9. The molecule has 3 aromatic carbocycles. The Bertz CT molecular complexity index is 1740. The van der Waals surface area contributed by atoms with Gasteiger partial charge in [-0.25, -0.2) is 0 Å². The number of carbonyl (C=O) groups excluding carboxylic acids is 2. The second kappa shape index (κ2) is 9.71. The number of para-hydroxylation sites is 1. The van der Waals surface area contributed by atoms with Crippen molar-refractivity contribution in [2.75, 3.05) is 4.90 Å². The average Bonchev–Trinajstić information content (AvgIpc) is 3.72. The van der Waals surface area contributed by atoms with Gasteiger partial charge in [-0.2, -0.15) is 0 Å². The molecular weight excluding hydrogens is 620 g/mol. The number of H-pyrrole nitrogens is 1. The van der Waals surface area contributed by atoms with Crippen LogP contribution in [-0.2, 0) is 16.2 Å². The maximum Gasteiger partial charge on any atom is 0.305 e. The fourth-order valence-electron chi connectivity index (χ4n) is 7.83. The second-order valence-electron chi connectivity index (χ2n) is 11.3. The summed E-state index contributed by atoms with van der Waals surface area (Å²) in [5, 5.41) is 1.01. The SMILES string of the molecule is O=C1C2C3CC(C2C(=O)N1c1ccccc1)C1C3Sc2[nH]c(=O)sc2[C@@H]1c1cc(Br)ccc1OCc1ccccc1. The summed E-state index contributed by atoms with van der Waals surface area (Å²) < 4.78 is 7.37. The van der Waals surface area contributed by atoms with Gasteiger partial charge in [-0.3, -0.25) is 19.3 Å². The van der Waals surface area contributed by atoms with Crippen LogP contribution < -0.4 is 14.5 Å². The summed E-state index contributed by atoms with van der Waals surface area (Å²) >= 11 is 6.64. The van der Waals surface area contributed by atoms with Crippen LogP contribution in [0.5, 0.6) is 5.75 Å². The van der Waals surface area contributed by atoms with Crippen LogP contribution >= 0.6 is 39.0 Å². The zero-order chi connectivity index (χ0) is 27.8. The van der Waals surface area contributed by atoms with Gasteiger partial charge in [0.2, 0.25) is 11.8 Å². The molecule has 1 N–H and O–H groups in total. The van der Waals surface area contributed by atoms with E-state index in [0.717, 1.165) is 37.7 Å². The van der Waals surface area contributed by atoms with E-state index in [2.05, 4.69) is 27.0 Å². The molecule has 3 heterocycles. The molecular formula is C32H25BrN2O4S2. The summed E-state index contributed by atoms with van der Waals surface area (Å²) in [7, 11) is 0. The Balaban J connectivity index is 1.21. The first kappa shape index (κ1) is 25.6. The lowest BCUT2D eigenvalue weighted by Crippen LogP contribution is -2.42. The van der Waals surface area contributed by atoms with Gasteiger partial charge in [-0.15, -0.1) is 11.8 Å². The van der Waals surface area contributed by atoms with Crippen LogP contribution in [-0.4, -0.2) is 22.0 Å². The zero-order valence-corrected chi connectivity index (χ0v) is 25.0. The number of carbonyl (C=O) groups is 2. The third-order valence-electron chi connectivity index (χ3n) is 9.28. The van der Waals surface area contributed by atoms with E-state index in [4.69, 9.17) is 4.74 Å². The number of aromatic amines is 1. The Labute approximate surface area is 253 Å². The highest BCUT2D eigenvalue weighted by Gasteiger charge is 2.69. The third-order valence-corrected chi connectivity index (χ3v) is 12.4. The number of rotatable bonds is 5. The molecule has 6 unspecified atom stereocenters. The summed E-state index contributed by atoms with van der Waals surface area (Å²) in [6.45, 7) is 0.428. The van der Waals surface area contributed by atoms with Crippen LogP contribution in [0.15, 0.2) is 93.2 Å². The quantitative estimate of drug-likeness (QED) is 0.252. The standard InChI is InChI=1S/C32H25BrN2O4S2/c33-17-11-12-22(39-15-16-7-3-1-4-8-16)19(13-17)23-24-20-14-21(27(24)40-29-28(23)41-32(38)34-29)26-25(20)30(36)35(31(26)37)18-9-5-2-6-10-18/h1-13,20-21,23-27H,14-15H2,(H,34,38)/t20?,21?,23-,24?,25?,26?,27?/m1/s1. The number of benzene rings is 3. The molecule has 4 aromatic rings. The van der Waals surface area contributed by atoms with Crippen LogP contribution in [0.2, 0.25) is 0 Å². The van der Waals surface area contributed by atoms with Crippen LogP contribution in [0.1, 0.15) is 28.3 Å². The summed E-state index contributed by atoms with van der Waals surface area (Å²) in [5.74, 6) is 0.0733. The van der Waals surface area contributed by atoms with E-state index in [1.165, 1.54) is 16.2 Å². The highest BCUT2D eigenvalue weighted by molar-refractivity contribution is 9.10. The Morgan fingerprint density at radius 3 is 2.37 bits per heavy atom. The van der Waals surface area contributed by atoms with Crippen molar-refractivity contribution in [3.8, 4) is 5.75 Å². The predicted molar refractivity (Wildman–Crippen MR) is 162 cm³/mol. The maximum atomic E-state index is 13.9. The minimum Gasteiger partial charge on any atom is -0.489 e. The average molecular weight is 646 g/mol. The van der Waals surface area contributed by atoms with Crippen molar-refractivity contribution in [3.63, 3.8) is 0 Å². The van der Waals surface area contributed by atoms with Crippen LogP contribution in [0.25, 0.3) is 0 Å². The van der Waals surface area contributed by atoms with Gasteiger partial charge in [0.25, 0.3) is 0 Å². The van der Waals surface area contributed by atoms with Crippen molar-refractivity contribution < 1.29 is 14.3 Å². The van der Waals surface area contributed by atoms with Crippen molar-refractivity contribution in [2.24, 2.45) is 29.6 Å². The molecule has 206 valence electrons. The smallest absolute Gasteiger partial charge is 0.305 e. The summed E-state index contributed by atoms with van der Waals surface area (Å²) in [4.78, 5) is 45.9. The molecule has 7 atom stereocenters. The van der Waals surface area contributed by atoms with Gasteiger partial charge in [-0.1, -0.05) is 75.8 Å². The van der Waals surface area contributed by atoms with Crippen molar-refractivity contribution in [3.05, 3.63) is 109 Å². The number of thiazole rings is 1. The zero-order valence-electron chi connectivity index (χ0n) is 21.7. The molecule has 2 aliphatic carbocycles. The number of fused-ring (bicyclic) bond motifs is 9. The lowest BCUT2D eigenvalue weighted by Gasteiger charge is -2.43. The van der Waals surface area contributed by atoms with Crippen LogP contribution in [0.3, 0.4) is 0 Å². The lowest BCUT2D eigenvalue weighted by molar-refractivity contribution is -0.123. The normalized spacial score (nSPS) is 29.4. The summed E-state index contributed by atoms with van der Waals surface area (Å²) in [6.07, 6.45) is 0.849. The van der Waals surface area contributed by atoms with E-state index in [0.29, 0.717) is 12.3 Å². The number of hydrogen-bond acceptors (Lipinski definition) is 6. The molecule has 8 rings (SSSR count). The van der Waals surface area contributed by atoms with Gasteiger partial charge in [0, 0.05) is 26.1 Å². The Hall–Kier alpha value is -3.14. The molecule has 2 saturated carbocycles. The van der Waals surface area contributed by atoms with E-state index < -0.39 is 0 Å². The number of hydrogen-bond donors (Lipinski definition) is 1. The fraction of sp³-hybridized carbons (Fsp3) is 0.281. The van der Waals surface area contributed by atoms with Gasteiger partial charge in [-0.05, 0) is 60.1 Å². The van der Waals surface area contributed by atoms with E-state index in [-0.39, 0.29) is 57.4 Å². The molecule has 0 spiro atoms. The predicted octanol–water partition coefficient (Wildman–Crippen LogP) is 6.46. The number of nitrogens with zero attached hydrogens (tertiary/aromatic N) is 1. The first-order valence-electron chi connectivity index (χ1n) is 13.8. The molecule has 9 heteroatoms. The number of ether oxygens (including phenoxy) is 1. The van der Waals surface area contributed by atoms with Gasteiger partial charge in [0.1, 0.15) is 12.4 Å². The Kier molecular flexibility index (Phi) is 6.05. The minimum atomic E-state index is -0.338. The first-order valence-corrected chi connectivity index (χ1v) is 16.3. The number of aromatic nitrogens is 1. The summed E-state index contributed by atoms with van der Waals surface area (Å²) in [6, 6.07) is 25.4. The molecule has 0 radical (unpaired) electrons. The number of halogens is 1.